The van der Waals surface area contributed by atoms with E-state index in [-0.39, 0.29) is 18.1 Å². The van der Waals surface area contributed by atoms with E-state index in [4.69, 9.17) is 4.74 Å². The molecule has 3 heterocycles. The second-order valence-electron chi connectivity index (χ2n) is 5.82. The fourth-order valence-electron chi connectivity index (χ4n) is 3.18. The normalized spacial score (nSPS) is 26.4. The topological polar surface area (TPSA) is 58.6 Å². The lowest BCUT2D eigenvalue weighted by Gasteiger charge is -2.46. The number of likely N-dealkylation sites (N-methyl/N-ethyl adjacent to an activating group) is 1. The van der Waals surface area contributed by atoms with E-state index in [0.29, 0.717) is 26.0 Å². The van der Waals surface area contributed by atoms with Gasteiger partial charge in [-0.05, 0) is 26.0 Å². The summed E-state index contributed by atoms with van der Waals surface area (Å²) in [6.07, 6.45) is 5.64. The number of morpholine rings is 1. The molecule has 0 aliphatic carbocycles. The molecule has 0 saturated carbocycles. The Bertz CT molecular complexity index is 482. The van der Waals surface area contributed by atoms with Gasteiger partial charge in [0.25, 0.3) is 0 Å². The van der Waals surface area contributed by atoms with Gasteiger partial charge in [-0.25, -0.2) is 9.97 Å². The second-order valence-corrected chi connectivity index (χ2v) is 5.82. The van der Waals surface area contributed by atoms with Gasteiger partial charge in [-0.1, -0.05) is 0 Å². The molecule has 6 nitrogen and oxygen atoms in total. The first-order valence-corrected chi connectivity index (χ1v) is 7.58. The zero-order chi connectivity index (χ0) is 14.7. The van der Waals surface area contributed by atoms with Crippen molar-refractivity contribution in [2.24, 2.45) is 0 Å². The number of piperidine rings is 1. The number of aryl methyl sites for hydroxylation is 1. The van der Waals surface area contributed by atoms with Gasteiger partial charge in [0.15, 0.2) is 0 Å². The molecule has 1 amide bonds. The number of hydrogen-bond donors (Lipinski definition) is 0. The number of nitrogens with zero attached hydrogens (tertiary/aromatic N) is 4. The summed E-state index contributed by atoms with van der Waals surface area (Å²) in [5.74, 6) is 0.210. The molecule has 0 spiro atoms. The van der Waals surface area contributed by atoms with E-state index in [1.807, 2.05) is 11.0 Å². The third-order valence-corrected chi connectivity index (χ3v) is 4.35. The van der Waals surface area contributed by atoms with Gasteiger partial charge < -0.3 is 14.5 Å². The highest BCUT2D eigenvalue weighted by atomic mass is 16.5. The van der Waals surface area contributed by atoms with E-state index in [1.165, 1.54) is 6.33 Å². The van der Waals surface area contributed by atoms with Crippen LogP contribution in [0.15, 0.2) is 18.6 Å². The highest BCUT2D eigenvalue weighted by molar-refractivity contribution is 5.77. The molecule has 0 N–H and O–H groups in total. The molecule has 2 aliphatic rings. The van der Waals surface area contributed by atoms with Crippen LogP contribution in [0.3, 0.4) is 0 Å². The minimum Gasteiger partial charge on any atom is -0.374 e. The molecule has 2 unspecified atom stereocenters. The van der Waals surface area contributed by atoms with Gasteiger partial charge in [-0.15, -0.1) is 0 Å². The molecule has 2 fully saturated rings. The predicted octanol–water partition coefficient (Wildman–Crippen LogP) is 0.341. The third kappa shape index (κ3) is 3.39. The monoisotopic (exact) mass is 290 g/mol. The third-order valence-electron chi connectivity index (χ3n) is 4.35. The van der Waals surface area contributed by atoms with Gasteiger partial charge in [0, 0.05) is 37.9 Å². The molecule has 114 valence electrons. The fraction of sp³-hybridized carbons (Fsp3) is 0.667. The van der Waals surface area contributed by atoms with Crippen LogP contribution in [0, 0.1) is 0 Å². The van der Waals surface area contributed by atoms with Gasteiger partial charge >= 0.3 is 0 Å². The van der Waals surface area contributed by atoms with Gasteiger partial charge in [-0.2, -0.15) is 0 Å². The van der Waals surface area contributed by atoms with Crippen molar-refractivity contribution < 1.29 is 9.53 Å². The first kappa shape index (κ1) is 14.4. The number of aromatic nitrogens is 2. The minimum atomic E-state index is 0.204. The minimum absolute atomic E-state index is 0.204. The van der Waals surface area contributed by atoms with Crippen molar-refractivity contribution >= 4 is 5.91 Å². The van der Waals surface area contributed by atoms with Gasteiger partial charge in [0.05, 0.1) is 18.8 Å². The number of fused-ring (bicyclic) bond motifs is 1. The molecule has 0 bridgehead atoms. The number of ether oxygens (including phenoxy) is 1. The van der Waals surface area contributed by atoms with E-state index in [2.05, 4.69) is 21.9 Å². The average Bonchev–Trinajstić information content (AvgIpc) is 2.53. The van der Waals surface area contributed by atoms with Crippen LogP contribution in [0.2, 0.25) is 0 Å². The Balaban J connectivity index is 1.60. The predicted molar refractivity (Wildman–Crippen MR) is 77.7 cm³/mol. The number of amides is 1. The summed E-state index contributed by atoms with van der Waals surface area (Å²) in [6, 6.07) is 2.07. The summed E-state index contributed by atoms with van der Waals surface area (Å²) in [5.41, 5.74) is 0.920. The van der Waals surface area contributed by atoms with Gasteiger partial charge in [0.2, 0.25) is 5.91 Å². The van der Waals surface area contributed by atoms with E-state index < -0.39 is 0 Å². The highest BCUT2D eigenvalue weighted by Gasteiger charge is 2.37. The first-order valence-electron chi connectivity index (χ1n) is 7.58. The fourth-order valence-corrected chi connectivity index (χ4v) is 3.18. The molecule has 2 aliphatic heterocycles. The summed E-state index contributed by atoms with van der Waals surface area (Å²) in [6.45, 7) is 3.32. The van der Waals surface area contributed by atoms with Crippen LogP contribution in [-0.4, -0.2) is 71.1 Å². The Kier molecular flexibility index (Phi) is 4.45. The second kappa shape index (κ2) is 6.49. The first-order chi connectivity index (χ1) is 10.2. The molecule has 3 rings (SSSR count). The lowest BCUT2D eigenvalue weighted by atomic mass is 9.98. The Morgan fingerprint density at radius 3 is 3.19 bits per heavy atom. The number of carbonyl (C=O) groups is 1. The summed E-state index contributed by atoms with van der Waals surface area (Å²) in [7, 11) is 2.11. The largest absolute Gasteiger partial charge is 0.374 e. The van der Waals surface area contributed by atoms with Crippen LogP contribution in [0.1, 0.15) is 18.5 Å². The lowest BCUT2D eigenvalue weighted by Crippen LogP contribution is -2.60. The van der Waals surface area contributed by atoms with Crippen LogP contribution in [-0.2, 0) is 16.0 Å². The van der Waals surface area contributed by atoms with Crippen LogP contribution in [0.5, 0.6) is 0 Å². The van der Waals surface area contributed by atoms with Crippen molar-refractivity contribution in [2.45, 2.75) is 31.4 Å². The van der Waals surface area contributed by atoms with Crippen LogP contribution < -0.4 is 0 Å². The number of rotatable bonds is 3. The lowest BCUT2D eigenvalue weighted by molar-refractivity contribution is -0.151. The maximum absolute atomic E-state index is 12.5. The molecule has 2 atom stereocenters. The summed E-state index contributed by atoms with van der Waals surface area (Å²) in [4.78, 5) is 24.9. The van der Waals surface area contributed by atoms with Gasteiger partial charge in [0.1, 0.15) is 6.33 Å². The van der Waals surface area contributed by atoms with Crippen LogP contribution in [0.4, 0.5) is 0 Å². The maximum Gasteiger partial charge on any atom is 0.223 e. The van der Waals surface area contributed by atoms with E-state index in [1.54, 1.807) is 6.20 Å². The summed E-state index contributed by atoms with van der Waals surface area (Å²) >= 11 is 0. The standard InChI is InChI=1S/C15H22N4O2/c1-18-7-5-14-13(10-18)19(8-9-21-14)15(20)3-2-12-4-6-16-11-17-12/h4,6,11,13-14H,2-3,5,7-10H2,1H3. The number of likely N-dealkylation sites (tertiary alicyclic amines) is 1. The van der Waals surface area contributed by atoms with Crippen LogP contribution >= 0.6 is 0 Å². The van der Waals surface area contributed by atoms with Crippen molar-refractivity contribution in [1.29, 1.82) is 0 Å². The summed E-state index contributed by atoms with van der Waals surface area (Å²) < 4.78 is 5.83. The van der Waals surface area contributed by atoms with E-state index in [0.717, 1.165) is 25.2 Å². The SMILES string of the molecule is CN1CCC2OCCN(C(=O)CCc3ccncn3)C2C1. The van der Waals surface area contributed by atoms with Crippen molar-refractivity contribution in [1.82, 2.24) is 19.8 Å². The molecule has 1 aromatic heterocycles. The van der Waals surface area contributed by atoms with E-state index in [9.17, 15) is 4.79 Å². The molecular formula is C15H22N4O2. The molecule has 6 heteroatoms. The Labute approximate surface area is 125 Å². The van der Waals surface area contributed by atoms with Crippen molar-refractivity contribution in [3.05, 3.63) is 24.3 Å². The van der Waals surface area contributed by atoms with E-state index >= 15 is 0 Å². The zero-order valence-electron chi connectivity index (χ0n) is 12.4. The van der Waals surface area contributed by atoms with Crippen molar-refractivity contribution in [3.63, 3.8) is 0 Å². The molecule has 21 heavy (non-hydrogen) atoms. The molecule has 2 saturated heterocycles. The Morgan fingerprint density at radius 1 is 1.48 bits per heavy atom. The van der Waals surface area contributed by atoms with Gasteiger partial charge in [-0.3, -0.25) is 4.79 Å². The Morgan fingerprint density at radius 2 is 2.38 bits per heavy atom. The molecule has 0 aromatic carbocycles. The van der Waals surface area contributed by atoms with Crippen molar-refractivity contribution in [2.75, 3.05) is 33.3 Å². The number of hydrogen-bond acceptors (Lipinski definition) is 5. The number of carbonyl (C=O) groups excluding carboxylic acids is 1. The maximum atomic E-state index is 12.5. The highest BCUT2D eigenvalue weighted by Crippen LogP contribution is 2.23. The van der Waals surface area contributed by atoms with Crippen LogP contribution in [0.25, 0.3) is 0 Å². The Hall–Kier alpha value is -1.53. The van der Waals surface area contributed by atoms with Crippen molar-refractivity contribution in [3.8, 4) is 0 Å². The zero-order valence-corrected chi connectivity index (χ0v) is 12.4. The average molecular weight is 290 g/mol. The molecule has 0 radical (unpaired) electrons. The molecular weight excluding hydrogens is 268 g/mol. The quantitative estimate of drug-likeness (QED) is 0.803. The summed E-state index contributed by atoms with van der Waals surface area (Å²) in [5, 5.41) is 0. The molecule has 1 aromatic rings. The smallest absolute Gasteiger partial charge is 0.223 e.